The van der Waals surface area contributed by atoms with Crippen molar-refractivity contribution in [1.29, 1.82) is 0 Å². The number of nitrogens with zero attached hydrogens (tertiary/aromatic N) is 3. The van der Waals surface area contributed by atoms with Crippen molar-refractivity contribution in [3.63, 3.8) is 0 Å². The Bertz CT molecular complexity index is 817. The third-order valence-electron chi connectivity index (χ3n) is 2.86. The fourth-order valence-corrected chi connectivity index (χ4v) is 2.08. The van der Waals surface area contributed by atoms with Crippen molar-refractivity contribution in [2.24, 2.45) is 0 Å². The minimum atomic E-state index is -4.53. The summed E-state index contributed by atoms with van der Waals surface area (Å²) in [5.41, 5.74) is -0.600. The highest BCUT2D eigenvalue weighted by Crippen LogP contribution is 2.36. The van der Waals surface area contributed by atoms with Crippen molar-refractivity contribution in [1.82, 2.24) is 15.1 Å². The Morgan fingerprint density at radius 2 is 1.95 bits per heavy atom. The van der Waals surface area contributed by atoms with Crippen LogP contribution in [0.15, 0.2) is 47.2 Å². The van der Waals surface area contributed by atoms with Crippen molar-refractivity contribution < 1.29 is 17.7 Å². The molecule has 0 N–H and O–H groups in total. The smallest absolute Gasteiger partial charge is 0.334 e. The van der Waals surface area contributed by atoms with Gasteiger partial charge in [-0.15, -0.1) is 0 Å². The van der Waals surface area contributed by atoms with Gasteiger partial charge in [0.05, 0.1) is 11.1 Å². The lowest BCUT2D eigenvalue weighted by atomic mass is 10.1. The molecule has 0 aliphatic heterocycles. The van der Waals surface area contributed by atoms with Gasteiger partial charge in [0.15, 0.2) is 0 Å². The van der Waals surface area contributed by atoms with Crippen molar-refractivity contribution in [2.75, 3.05) is 0 Å². The van der Waals surface area contributed by atoms with E-state index in [4.69, 9.17) is 16.1 Å². The van der Waals surface area contributed by atoms with Crippen molar-refractivity contribution >= 4 is 11.6 Å². The molecular formula is C14H7ClF3N3O. The fourth-order valence-electron chi connectivity index (χ4n) is 1.89. The highest BCUT2D eigenvalue weighted by Gasteiger charge is 2.35. The zero-order chi connectivity index (χ0) is 15.7. The molecule has 0 saturated carbocycles. The van der Waals surface area contributed by atoms with Gasteiger partial charge < -0.3 is 4.52 Å². The Morgan fingerprint density at radius 1 is 1.14 bits per heavy atom. The molecule has 0 amide bonds. The van der Waals surface area contributed by atoms with Crippen LogP contribution in [-0.2, 0) is 6.18 Å². The lowest BCUT2D eigenvalue weighted by molar-refractivity contribution is -0.137. The van der Waals surface area contributed by atoms with Gasteiger partial charge in [-0.05, 0) is 24.3 Å². The molecule has 3 aromatic rings. The molecule has 0 aliphatic carbocycles. The summed E-state index contributed by atoms with van der Waals surface area (Å²) in [5.74, 6) is -0.107. The molecule has 8 heteroatoms. The van der Waals surface area contributed by atoms with Crippen LogP contribution >= 0.6 is 11.6 Å². The van der Waals surface area contributed by atoms with Crippen LogP contribution < -0.4 is 0 Å². The summed E-state index contributed by atoms with van der Waals surface area (Å²) in [6.07, 6.45) is -2.42. The zero-order valence-corrected chi connectivity index (χ0v) is 11.6. The maximum atomic E-state index is 13.0. The van der Waals surface area contributed by atoms with Gasteiger partial charge in [0.1, 0.15) is 0 Å². The predicted octanol–water partition coefficient (Wildman–Crippen LogP) is 4.47. The molecule has 0 saturated heterocycles. The molecule has 2 heterocycles. The second-order valence-corrected chi connectivity index (χ2v) is 4.79. The molecular weight excluding hydrogens is 319 g/mol. The number of alkyl halides is 3. The van der Waals surface area contributed by atoms with Gasteiger partial charge in [-0.2, -0.15) is 18.2 Å². The Hall–Kier alpha value is -2.41. The number of aromatic nitrogens is 3. The van der Waals surface area contributed by atoms with Crippen LogP contribution in [0.4, 0.5) is 13.2 Å². The maximum absolute atomic E-state index is 13.0. The molecule has 0 unspecified atom stereocenters. The quantitative estimate of drug-likeness (QED) is 0.697. The molecule has 0 atom stereocenters. The van der Waals surface area contributed by atoms with Gasteiger partial charge in [-0.3, -0.25) is 4.98 Å². The first kappa shape index (κ1) is 14.5. The normalized spacial score (nSPS) is 11.6. The molecule has 2 aromatic heterocycles. The van der Waals surface area contributed by atoms with Crippen LogP contribution in [0.2, 0.25) is 5.02 Å². The molecule has 22 heavy (non-hydrogen) atoms. The summed E-state index contributed by atoms with van der Waals surface area (Å²) in [6.45, 7) is 0. The number of rotatable bonds is 2. The van der Waals surface area contributed by atoms with Crippen LogP contribution in [0.3, 0.4) is 0 Å². The number of halogens is 4. The molecule has 0 spiro atoms. The largest absolute Gasteiger partial charge is 0.417 e. The Labute approximate surface area is 127 Å². The van der Waals surface area contributed by atoms with Gasteiger partial charge in [0.2, 0.25) is 5.82 Å². The van der Waals surface area contributed by atoms with Crippen LogP contribution in [0.5, 0.6) is 0 Å². The van der Waals surface area contributed by atoms with E-state index in [0.29, 0.717) is 10.6 Å². The lowest BCUT2D eigenvalue weighted by Gasteiger charge is -2.08. The van der Waals surface area contributed by atoms with E-state index in [1.54, 1.807) is 24.3 Å². The second kappa shape index (κ2) is 5.42. The van der Waals surface area contributed by atoms with Crippen molar-refractivity contribution in [3.8, 4) is 22.8 Å². The SMILES string of the molecule is FC(F)(F)c1ccncc1-c1noc(-c2cccc(Cl)c2)n1. The van der Waals surface area contributed by atoms with E-state index in [-0.39, 0.29) is 17.3 Å². The highest BCUT2D eigenvalue weighted by molar-refractivity contribution is 6.30. The monoisotopic (exact) mass is 325 g/mol. The summed E-state index contributed by atoms with van der Waals surface area (Å²) in [7, 11) is 0. The standard InChI is InChI=1S/C14H7ClF3N3O/c15-9-3-1-2-8(6-9)13-20-12(21-22-13)10-7-19-5-4-11(10)14(16,17)18/h1-7H. The molecule has 112 valence electrons. The summed E-state index contributed by atoms with van der Waals surface area (Å²) >= 11 is 5.86. The van der Waals surface area contributed by atoms with E-state index in [1.165, 1.54) is 0 Å². The van der Waals surface area contributed by atoms with E-state index in [0.717, 1.165) is 18.5 Å². The van der Waals surface area contributed by atoms with Gasteiger partial charge in [-0.25, -0.2) is 0 Å². The zero-order valence-electron chi connectivity index (χ0n) is 10.8. The van der Waals surface area contributed by atoms with Gasteiger partial charge in [0, 0.05) is 23.0 Å². The third kappa shape index (κ3) is 2.80. The molecule has 0 fully saturated rings. The number of benzene rings is 1. The molecule has 0 bridgehead atoms. The van der Waals surface area contributed by atoms with Gasteiger partial charge in [-0.1, -0.05) is 22.8 Å². The van der Waals surface area contributed by atoms with E-state index in [1.807, 2.05) is 0 Å². The third-order valence-corrected chi connectivity index (χ3v) is 3.10. The van der Waals surface area contributed by atoms with Crippen LogP contribution in [0, 0.1) is 0 Å². The molecule has 3 rings (SSSR count). The average Bonchev–Trinajstić information content (AvgIpc) is 2.96. The fraction of sp³-hybridized carbons (Fsp3) is 0.0714. The first-order valence-electron chi connectivity index (χ1n) is 6.06. The average molecular weight is 326 g/mol. The van der Waals surface area contributed by atoms with Crippen molar-refractivity contribution in [3.05, 3.63) is 53.3 Å². The summed E-state index contributed by atoms with van der Waals surface area (Å²) in [5, 5.41) is 4.05. The van der Waals surface area contributed by atoms with Crippen LogP contribution in [0.1, 0.15) is 5.56 Å². The van der Waals surface area contributed by atoms with Crippen LogP contribution in [0.25, 0.3) is 22.8 Å². The number of hydrogen-bond acceptors (Lipinski definition) is 4. The Kier molecular flexibility index (Phi) is 3.58. The molecule has 0 aliphatic rings. The molecule has 0 radical (unpaired) electrons. The van der Waals surface area contributed by atoms with E-state index in [9.17, 15) is 13.2 Å². The first-order valence-corrected chi connectivity index (χ1v) is 6.44. The molecule has 4 nitrogen and oxygen atoms in total. The summed E-state index contributed by atoms with van der Waals surface area (Å²) in [6, 6.07) is 7.44. The van der Waals surface area contributed by atoms with Crippen molar-refractivity contribution in [2.45, 2.75) is 6.18 Å². The van der Waals surface area contributed by atoms with Gasteiger partial charge in [0.25, 0.3) is 5.89 Å². The minimum Gasteiger partial charge on any atom is -0.334 e. The van der Waals surface area contributed by atoms with E-state index >= 15 is 0 Å². The topological polar surface area (TPSA) is 51.8 Å². The summed E-state index contributed by atoms with van der Waals surface area (Å²) in [4.78, 5) is 7.68. The first-order chi connectivity index (χ1) is 10.4. The second-order valence-electron chi connectivity index (χ2n) is 4.35. The highest BCUT2D eigenvalue weighted by atomic mass is 35.5. The van der Waals surface area contributed by atoms with E-state index < -0.39 is 11.7 Å². The van der Waals surface area contributed by atoms with Gasteiger partial charge >= 0.3 is 6.18 Å². The molecule has 1 aromatic carbocycles. The lowest BCUT2D eigenvalue weighted by Crippen LogP contribution is -2.07. The summed E-state index contributed by atoms with van der Waals surface area (Å²) < 4.78 is 44.0. The van der Waals surface area contributed by atoms with Crippen LogP contribution in [-0.4, -0.2) is 15.1 Å². The Morgan fingerprint density at radius 3 is 2.68 bits per heavy atom. The maximum Gasteiger partial charge on any atom is 0.417 e. The number of pyridine rings is 1. The van der Waals surface area contributed by atoms with E-state index in [2.05, 4.69) is 15.1 Å². The predicted molar refractivity (Wildman–Crippen MR) is 73.0 cm³/mol. The number of hydrogen-bond donors (Lipinski definition) is 0. The Balaban J connectivity index is 2.06. The minimum absolute atomic E-state index is 0.0782.